The second-order valence-electron chi connectivity index (χ2n) is 7.93. The minimum Gasteiger partial charge on any atom is -0.493 e. The number of hydrogen-bond donors (Lipinski definition) is 1. The summed E-state index contributed by atoms with van der Waals surface area (Å²) in [5.74, 6) is 2.00. The van der Waals surface area contributed by atoms with E-state index in [4.69, 9.17) is 13.9 Å². The quantitative estimate of drug-likeness (QED) is 0.756. The Morgan fingerprint density at radius 1 is 1.23 bits per heavy atom. The Kier molecular flexibility index (Phi) is 5.97. The number of nitrogens with one attached hydrogen (secondary N) is 1. The van der Waals surface area contributed by atoms with Crippen LogP contribution in [0.2, 0.25) is 0 Å². The molecule has 0 bridgehead atoms. The standard InChI is InChI=1S/C23H28N2O5/c1-28-20-7-6-15(12-21(20)29-2)8-10-25-14-16(13-22(25)26)23(27)24-18-4-3-5-19-17(18)9-11-30-19/h6-7,9,11-12,16,18H,3-5,8,10,13-14H2,1-2H3,(H,24,27). The van der Waals surface area contributed by atoms with Crippen LogP contribution in [0.3, 0.4) is 0 Å². The fourth-order valence-electron chi connectivity index (χ4n) is 4.39. The van der Waals surface area contributed by atoms with Crippen LogP contribution in [-0.2, 0) is 22.4 Å². The van der Waals surface area contributed by atoms with Crippen LogP contribution >= 0.6 is 0 Å². The summed E-state index contributed by atoms with van der Waals surface area (Å²) in [6, 6.07) is 7.68. The largest absolute Gasteiger partial charge is 0.493 e. The van der Waals surface area contributed by atoms with Gasteiger partial charge in [0, 0.05) is 31.5 Å². The number of furan rings is 1. The number of carbonyl (C=O) groups is 2. The number of amides is 2. The molecule has 2 heterocycles. The van der Waals surface area contributed by atoms with Crippen molar-refractivity contribution in [3.63, 3.8) is 0 Å². The number of benzene rings is 1. The third kappa shape index (κ3) is 4.15. The number of nitrogens with zero attached hydrogens (tertiary/aromatic N) is 1. The first-order chi connectivity index (χ1) is 14.6. The van der Waals surface area contributed by atoms with E-state index < -0.39 is 0 Å². The van der Waals surface area contributed by atoms with Crippen LogP contribution < -0.4 is 14.8 Å². The fourth-order valence-corrected chi connectivity index (χ4v) is 4.39. The van der Waals surface area contributed by atoms with Crippen molar-refractivity contribution in [2.75, 3.05) is 27.3 Å². The number of fused-ring (bicyclic) bond motifs is 1. The molecule has 2 unspecified atom stereocenters. The molecule has 7 heteroatoms. The normalized spacial score (nSPS) is 20.7. The fraction of sp³-hybridized carbons (Fsp3) is 0.478. The molecule has 2 aliphatic rings. The highest BCUT2D eigenvalue weighted by Gasteiger charge is 2.35. The highest BCUT2D eigenvalue weighted by Crippen LogP contribution is 2.31. The van der Waals surface area contributed by atoms with E-state index in [-0.39, 0.29) is 30.2 Å². The molecule has 1 aliphatic carbocycles. The van der Waals surface area contributed by atoms with Crippen LogP contribution in [-0.4, -0.2) is 44.0 Å². The maximum absolute atomic E-state index is 12.8. The summed E-state index contributed by atoms with van der Waals surface area (Å²) in [4.78, 5) is 27.1. The zero-order valence-electron chi connectivity index (χ0n) is 17.5. The molecule has 30 heavy (non-hydrogen) atoms. The summed E-state index contributed by atoms with van der Waals surface area (Å²) in [5, 5.41) is 3.14. The Balaban J connectivity index is 1.33. The summed E-state index contributed by atoms with van der Waals surface area (Å²) in [7, 11) is 3.21. The van der Waals surface area contributed by atoms with Gasteiger partial charge in [-0.05, 0) is 43.0 Å². The summed E-state index contributed by atoms with van der Waals surface area (Å²) < 4.78 is 16.1. The molecule has 2 atom stereocenters. The van der Waals surface area contributed by atoms with E-state index in [2.05, 4.69) is 5.32 Å². The van der Waals surface area contributed by atoms with Crippen molar-refractivity contribution in [2.24, 2.45) is 5.92 Å². The maximum atomic E-state index is 12.8. The molecule has 1 aliphatic heterocycles. The van der Waals surface area contributed by atoms with Gasteiger partial charge in [0.25, 0.3) is 0 Å². The van der Waals surface area contributed by atoms with Gasteiger partial charge in [-0.25, -0.2) is 0 Å². The van der Waals surface area contributed by atoms with Gasteiger partial charge >= 0.3 is 0 Å². The smallest absolute Gasteiger partial charge is 0.225 e. The van der Waals surface area contributed by atoms with E-state index in [1.54, 1.807) is 25.4 Å². The summed E-state index contributed by atoms with van der Waals surface area (Å²) in [6.45, 7) is 1.04. The number of rotatable bonds is 7. The van der Waals surface area contributed by atoms with E-state index in [1.165, 1.54) is 0 Å². The average Bonchev–Trinajstić information content (AvgIpc) is 3.39. The summed E-state index contributed by atoms with van der Waals surface area (Å²) >= 11 is 0. The van der Waals surface area contributed by atoms with Crippen molar-refractivity contribution in [1.82, 2.24) is 10.2 Å². The van der Waals surface area contributed by atoms with Crippen molar-refractivity contribution >= 4 is 11.8 Å². The van der Waals surface area contributed by atoms with Gasteiger partial charge in [0.2, 0.25) is 11.8 Å². The van der Waals surface area contributed by atoms with Crippen molar-refractivity contribution in [3.05, 3.63) is 47.4 Å². The van der Waals surface area contributed by atoms with E-state index in [0.29, 0.717) is 31.0 Å². The molecule has 1 aromatic heterocycles. The van der Waals surface area contributed by atoms with Gasteiger partial charge in [-0.2, -0.15) is 0 Å². The Morgan fingerprint density at radius 3 is 2.87 bits per heavy atom. The number of aryl methyl sites for hydroxylation is 1. The lowest BCUT2D eigenvalue weighted by molar-refractivity contribution is -0.129. The second-order valence-corrected chi connectivity index (χ2v) is 7.93. The van der Waals surface area contributed by atoms with E-state index in [1.807, 2.05) is 24.3 Å². The van der Waals surface area contributed by atoms with Gasteiger partial charge in [-0.15, -0.1) is 0 Å². The third-order valence-corrected chi connectivity index (χ3v) is 6.07. The van der Waals surface area contributed by atoms with Crippen LogP contribution in [0.15, 0.2) is 34.9 Å². The van der Waals surface area contributed by atoms with Crippen molar-refractivity contribution in [2.45, 2.75) is 38.1 Å². The predicted octanol–water partition coefficient (Wildman–Crippen LogP) is 2.88. The average molecular weight is 412 g/mol. The summed E-state index contributed by atoms with van der Waals surface area (Å²) in [6.07, 6.45) is 5.46. The van der Waals surface area contributed by atoms with Gasteiger partial charge < -0.3 is 24.1 Å². The lowest BCUT2D eigenvalue weighted by atomic mass is 9.93. The number of carbonyl (C=O) groups excluding carboxylic acids is 2. The molecule has 1 fully saturated rings. The van der Waals surface area contributed by atoms with Gasteiger partial charge in [0.1, 0.15) is 5.76 Å². The molecule has 0 radical (unpaired) electrons. The van der Waals surface area contributed by atoms with Crippen LogP contribution in [0, 0.1) is 5.92 Å². The molecule has 0 saturated carbocycles. The first-order valence-corrected chi connectivity index (χ1v) is 10.4. The topological polar surface area (TPSA) is 81.0 Å². The molecule has 1 N–H and O–H groups in total. The van der Waals surface area contributed by atoms with Gasteiger partial charge in [-0.3, -0.25) is 9.59 Å². The van der Waals surface area contributed by atoms with Gasteiger partial charge in [0.15, 0.2) is 11.5 Å². The molecule has 1 aromatic carbocycles. The first-order valence-electron chi connectivity index (χ1n) is 10.4. The predicted molar refractivity (Wildman–Crippen MR) is 110 cm³/mol. The minimum atomic E-state index is -0.305. The Hall–Kier alpha value is -2.96. The number of methoxy groups -OCH3 is 2. The highest BCUT2D eigenvalue weighted by molar-refractivity contribution is 5.89. The summed E-state index contributed by atoms with van der Waals surface area (Å²) in [5.41, 5.74) is 2.13. The molecule has 2 aromatic rings. The zero-order chi connectivity index (χ0) is 21.1. The van der Waals surface area contributed by atoms with Crippen molar-refractivity contribution < 1.29 is 23.5 Å². The van der Waals surface area contributed by atoms with Crippen molar-refractivity contribution in [3.8, 4) is 11.5 Å². The monoisotopic (exact) mass is 412 g/mol. The first kappa shape index (κ1) is 20.3. The van der Waals surface area contributed by atoms with E-state index in [0.717, 1.165) is 36.1 Å². The molecule has 1 saturated heterocycles. The highest BCUT2D eigenvalue weighted by atomic mass is 16.5. The molecule has 4 rings (SSSR count). The van der Waals surface area contributed by atoms with Crippen LogP contribution in [0.4, 0.5) is 0 Å². The number of ether oxygens (including phenoxy) is 2. The van der Waals surface area contributed by atoms with Crippen molar-refractivity contribution in [1.29, 1.82) is 0 Å². The van der Waals surface area contributed by atoms with Crippen LogP contribution in [0.5, 0.6) is 11.5 Å². The zero-order valence-corrected chi connectivity index (χ0v) is 17.5. The lowest BCUT2D eigenvalue weighted by Gasteiger charge is -2.24. The van der Waals surface area contributed by atoms with Gasteiger partial charge in [-0.1, -0.05) is 6.07 Å². The Labute approximate surface area is 176 Å². The van der Waals surface area contributed by atoms with Crippen LogP contribution in [0.1, 0.15) is 42.2 Å². The van der Waals surface area contributed by atoms with E-state index in [9.17, 15) is 9.59 Å². The van der Waals surface area contributed by atoms with Crippen LogP contribution in [0.25, 0.3) is 0 Å². The number of hydrogen-bond acceptors (Lipinski definition) is 5. The maximum Gasteiger partial charge on any atom is 0.225 e. The lowest BCUT2D eigenvalue weighted by Crippen LogP contribution is -2.36. The third-order valence-electron chi connectivity index (χ3n) is 6.07. The molecular weight excluding hydrogens is 384 g/mol. The number of likely N-dealkylation sites (tertiary alicyclic amines) is 1. The Bertz CT molecular complexity index is 922. The Morgan fingerprint density at radius 2 is 2.07 bits per heavy atom. The van der Waals surface area contributed by atoms with Gasteiger partial charge in [0.05, 0.1) is 32.4 Å². The second kappa shape index (κ2) is 8.81. The SMILES string of the molecule is COc1ccc(CCN2CC(C(=O)NC3CCCc4occc43)CC2=O)cc1OC. The molecule has 0 spiro atoms. The molecule has 2 amide bonds. The molecule has 7 nitrogen and oxygen atoms in total. The molecular formula is C23H28N2O5. The molecule has 160 valence electrons. The van der Waals surface area contributed by atoms with E-state index >= 15 is 0 Å². The minimum absolute atomic E-state index is 0.0177.